The van der Waals surface area contributed by atoms with E-state index in [0.29, 0.717) is 12.0 Å². The Morgan fingerprint density at radius 1 is 1.22 bits per heavy atom. The fourth-order valence-corrected chi connectivity index (χ4v) is 2.15. The molecule has 0 saturated carbocycles. The highest BCUT2D eigenvalue weighted by Gasteiger charge is 2.15. The van der Waals surface area contributed by atoms with Crippen LogP contribution in [0.2, 0.25) is 0 Å². The molecule has 0 saturated heterocycles. The fourth-order valence-electron chi connectivity index (χ4n) is 2.15. The van der Waals surface area contributed by atoms with Crippen LogP contribution >= 0.6 is 0 Å². The molecule has 0 aliphatic rings. The van der Waals surface area contributed by atoms with Crippen LogP contribution < -0.4 is 10.6 Å². The summed E-state index contributed by atoms with van der Waals surface area (Å²) in [6, 6.07) is 8.40. The van der Waals surface area contributed by atoms with Crippen molar-refractivity contribution in [3.63, 3.8) is 0 Å². The quantitative estimate of drug-likeness (QED) is 0.898. The summed E-state index contributed by atoms with van der Waals surface area (Å²) in [5.41, 5.74) is 6.71. The zero-order chi connectivity index (χ0) is 13.1. The summed E-state index contributed by atoms with van der Waals surface area (Å²) in [5, 5.41) is 1.06. The molecule has 0 atom stereocenters. The first kappa shape index (κ1) is 12.6. The molecule has 1 heterocycles. The lowest BCUT2D eigenvalue weighted by atomic mass is 10.2. The SMILES string of the molecule is CCCN(c1nc(N)nc2ccccc12)C(C)C. The number of rotatable bonds is 4. The Hall–Kier alpha value is -1.84. The van der Waals surface area contributed by atoms with E-state index in [2.05, 4.69) is 41.7 Å². The Kier molecular flexibility index (Phi) is 3.65. The zero-order valence-electron chi connectivity index (χ0n) is 11.2. The smallest absolute Gasteiger partial charge is 0.222 e. The summed E-state index contributed by atoms with van der Waals surface area (Å²) in [5.74, 6) is 1.28. The van der Waals surface area contributed by atoms with Gasteiger partial charge in [-0.1, -0.05) is 19.1 Å². The van der Waals surface area contributed by atoms with Crippen molar-refractivity contribution in [1.29, 1.82) is 0 Å². The molecular weight excluding hydrogens is 224 g/mol. The van der Waals surface area contributed by atoms with Crippen molar-refractivity contribution < 1.29 is 0 Å². The molecule has 2 rings (SSSR count). The van der Waals surface area contributed by atoms with Gasteiger partial charge in [0.25, 0.3) is 0 Å². The maximum atomic E-state index is 5.81. The number of anilines is 2. The van der Waals surface area contributed by atoms with E-state index in [9.17, 15) is 0 Å². The number of nitrogens with two attached hydrogens (primary N) is 1. The number of aromatic nitrogens is 2. The number of nitrogen functional groups attached to an aromatic ring is 1. The highest BCUT2D eigenvalue weighted by atomic mass is 15.2. The Morgan fingerprint density at radius 3 is 2.61 bits per heavy atom. The minimum atomic E-state index is 0.338. The summed E-state index contributed by atoms with van der Waals surface area (Å²) < 4.78 is 0. The predicted molar refractivity (Wildman–Crippen MR) is 76.7 cm³/mol. The maximum Gasteiger partial charge on any atom is 0.222 e. The van der Waals surface area contributed by atoms with Crippen LogP contribution in [0.5, 0.6) is 0 Å². The van der Waals surface area contributed by atoms with E-state index in [1.165, 1.54) is 0 Å². The molecule has 0 spiro atoms. The summed E-state index contributed by atoms with van der Waals surface area (Å²) >= 11 is 0. The van der Waals surface area contributed by atoms with Crippen molar-refractivity contribution in [1.82, 2.24) is 9.97 Å². The van der Waals surface area contributed by atoms with Crippen LogP contribution in [0, 0.1) is 0 Å². The largest absolute Gasteiger partial charge is 0.368 e. The molecule has 0 amide bonds. The van der Waals surface area contributed by atoms with Gasteiger partial charge in [-0.15, -0.1) is 0 Å². The molecule has 0 aliphatic carbocycles. The minimum Gasteiger partial charge on any atom is -0.368 e. The van der Waals surface area contributed by atoms with Gasteiger partial charge >= 0.3 is 0 Å². The van der Waals surface area contributed by atoms with Gasteiger partial charge in [0.15, 0.2) is 0 Å². The highest BCUT2D eigenvalue weighted by molar-refractivity contribution is 5.90. The summed E-state index contributed by atoms with van der Waals surface area (Å²) in [4.78, 5) is 11.0. The normalized spacial score (nSPS) is 11.1. The van der Waals surface area contributed by atoms with Crippen LogP contribution in [0.25, 0.3) is 10.9 Å². The molecule has 0 unspecified atom stereocenters. The van der Waals surface area contributed by atoms with E-state index in [1.807, 2.05) is 18.2 Å². The lowest BCUT2D eigenvalue weighted by Crippen LogP contribution is -2.32. The van der Waals surface area contributed by atoms with Gasteiger partial charge in [0, 0.05) is 18.0 Å². The van der Waals surface area contributed by atoms with Gasteiger partial charge in [0.1, 0.15) is 5.82 Å². The van der Waals surface area contributed by atoms with Gasteiger partial charge in [-0.3, -0.25) is 0 Å². The Labute approximate surface area is 108 Å². The van der Waals surface area contributed by atoms with Crippen molar-refractivity contribution in [2.45, 2.75) is 33.2 Å². The Balaban J connectivity index is 2.60. The number of nitrogens with zero attached hydrogens (tertiary/aromatic N) is 3. The third-order valence-electron chi connectivity index (χ3n) is 2.96. The fraction of sp³-hybridized carbons (Fsp3) is 0.429. The average Bonchev–Trinajstić information content (AvgIpc) is 2.34. The molecule has 2 aromatic rings. The van der Waals surface area contributed by atoms with E-state index in [4.69, 9.17) is 5.73 Å². The number of para-hydroxylation sites is 1. The van der Waals surface area contributed by atoms with Crippen molar-refractivity contribution in [2.75, 3.05) is 17.2 Å². The molecule has 0 bridgehead atoms. The number of hydrogen-bond donors (Lipinski definition) is 1. The minimum absolute atomic E-state index is 0.338. The van der Waals surface area contributed by atoms with Crippen LogP contribution in [0.4, 0.5) is 11.8 Å². The van der Waals surface area contributed by atoms with Crippen molar-refractivity contribution in [3.05, 3.63) is 24.3 Å². The monoisotopic (exact) mass is 244 g/mol. The zero-order valence-corrected chi connectivity index (χ0v) is 11.2. The van der Waals surface area contributed by atoms with Gasteiger partial charge in [-0.25, -0.2) is 4.98 Å². The van der Waals surface area contributed by atoms with E-state index in [-0.39, 0.29) is 0 Å². The predicted octanol–water partition coefficient (Wildman–Crippen LogP) is 2.84. The summed E-state index contributed by atoms with van der Waals surface area (Å²) in [6.07, 6.45) is 1.08. The van der Waals surface area contributed by atoms with Crippen LogP contribution in [0.15, 0.2) is 24.3 Å². The standard InChI is InChI=1S/C14H20N4/c1-4-9-18(10(2)3)13-11-7-5-6-8-12(11)16-14(15)17-13/h5-8,10H,4,9H2,1-3H3,(H2,15,16,17). The van der Waals surface area contributed by atoms with Crippen molar-refractivity contribution in [2.24, 2.45) is 0 Å². The lowest BCUT2D eigenvalue weighted by molar-refractivity contribution is 0.665. The van der Waals surface area contributed by atoms with Crippen molar-refractivity contribution >= 4 is 22.7 Å². The van der Waals surface area contributed by atoms with E-state index in [1.54, 1.807) is 0 Å². The molecule has 1 aromatic heterocycles. The van der Waals surface area contributed by atoms with E-state index < -0.39 is 0 Å². The summed E-state index contributed by atoms with van der Waals surface area (Å²) in [6.45, 7) is 7.48. The molecule has 0 fully saturated rings. The van der Waals surface area contributed by atoms with Crippen LogP contribution in [0.3, 0.4) is 0 Å². The van der Waals surface area contributed by atoms with Crippen LogP contribution in [0.1, 0.15) is 27.2 Å². The number of benzene rings is 1. The second-order valence-corrected chi connectivity index (χ2v) is 4.71. The van der Waals surface area contributed by atoms with Gasteiger partial charge in [0.05, 0.1) is 5.52 Å². The summed E-state index contributed by atoms with van der Waals surface area (Å²) in [7, 11) is 0. The molecule has 4 nitrogen and oxygen atoms in total. The second kappa shape index (κ2) is 5.21. The molecule has 0 radical (unpaired) electrons. The molecular formula is C14H20N4. The maximum absolute atomic E-state index is 5.81. The first-order valence-electron chi connectivity index (χ1n) is 6.42. The van der Waals surface area contributed by atoms with E-state index in [0.717, 1.165) is 29.7 Å². The van der Waals surface area contributed by atoms with Gasteiger partial charge in [-0.05, 0) is 32.4 Å². The second-order valence-electron chi connectivity index (χ2n) is 4.71. The number of hydrogen-bond acceptors (Lipinski definition) is 4. The van der Waals surface area contributed by atoms with E-state index >= 15 is 0 Å². The highest BCUT2D eigenvalue weighted by Crippen LogP contribution is 2.26. The third-order valence-corrected chi connectivity index (χ3v) is 2.96. The Morgan fingerprint density at radius 2 is 1.94 bits per heavy atom. The van der Waals surface area contributed by atoms with Crippen molar-refractivity contribution in [3.8, 4) is 0 Å². The Bertz CT molecular complexity index is 536. The van der Waals surface area contributed by atoms with Crippen LogP contribution in [-0.2, 0) is 0 Å². The molecule has 2 N–H and O–H groups in total. The molecule has 1 aromatic carbocycles. The third kappa shape index (κ3) is 2.37. The van der Waals surface area contributed by atoms with Gasteiger partial charge in [-0.2, -0.15) is 4.98 Å². The molecule has 0 aliphatic heterocycles. The van der Waals surface area contributed by atoms with Gasteiger partial charge in [0.2, 0.25) is 5.95 Å². The first-order valence-corrected chi connectivity index (χ1v) is 6.42. The van der Waals surface area contributed by atoms with Crippen LogP contribution in [-0.4, -0.2) is 22.6 Å². The molecule has 96 valence electrons. The topological polar surface area (TPSA) is 55.0 Å². The average molecular weight is 244 g/mol. The van der Waals surface area contributed by atoms with Gasteiger partial charge < -0.3 is 10.6 Å². The number of fused-ring (bicyclic) bond motifs is 1. The molecule has 18 heavy (non-hydrogen) atoms. The molecule has 4 heteroatoms. The first-order chi connectivity index (χ1) is 8.63. The lowest BCUT2D eigenvalue weighted by Gasteiger charge is -2.28.